The molecule has 1 aliphatic heterocycles. The van der Waals surface area contributed by atoms with Crippen LogP contribution in [-0.4, -0.2) is 12.6 Å². The van der Waals surface area contributed by atoms with Crippen LogP contribution in [-0.2, 0) is 6.42 Å². The Bertz CT molecular complexity index is 348. The summed E-state index contributed by atoms with van der Waals surface area (Å²) in [4.78, 5) is 0. The molecule has 1 fully saturated rings. The Balaban J connectivity index is 1.98. The monoisotopic (exact) mass is 217 g/mol. The first-order chi connectivity index (χ1) is 7.65. The Morgan fingerprint density at radius 3 is 2.69 bits per heavy atom. The van der Waals surface area contributed by atoms with Crippen molar-refractivity contribution in [3.05, 3.63) is 34.9 Å². The van der Waals surface area contributed by atoms with Gasteiger partial charge in [0.05, 0.1) is 0 Å². The van der Waals surface area contributed by atoms with Crippen LogP contribution < -0.4 is 5.32 Å². The van der Waals surface area contributed by atoms with Gasteiger partial charge in [-0.15, -0.1) is 0 Å². The molecule has 1 aliphatic rings. The van der Waals surface area contributed by atoms with E-state index in [1.54, 1.807) is 0 Å². The molecule has 1 heterocycles. The zero-order valence-electron chi connectivity index (χ0n) is 10.7. The summed E-state index contributed by atoms with van der Waals surface area (Å²) in [6.07, 6.45) is 3.95. The summed E-state index contributed by atoms with van der Waals surface area (Å²) in [5, 5.41) is 3.58. The smallest absolute Gasteiger partial charge is 0.00389 e. The molecule has 0 spiro atoms. The molecule has 2 rings (SSSR count). The average molecular weight is 217 g/mol. The molecule has 1 saturated heterocycles. The van der Waals surface area contributed by atoms with Crippen molar-refractivity contribution in [2.45, 2.75) is 46.1 Å². The van der Waals surface area contributed by atoms with Crippen molar-refractivity contribution in [2.24, 2.45) is 5.92 Å². The van der Waals surface area contributed by atoms with Gasteiger partial charge >= 0.3 is 0 Å². The van der Waals surface area contributed by atoms with Gasteiger partial charge in [0.15, 0.2) is 0 Å². The number of aryl methyl sites for hydroxylation is 2. The van der Waals surface area contributed by atoms with Gasteiger partial charge in [-0.25, -0.2) is 0 Å². The minimum absolute atomic E-state index is 0.718. The highest BCUT2D eigenvalue weighted by molar-refractivity contribution is 5.30. The van der Waals surface area contributed by atoms with Crippen LogP contribution in [0.2, 0.25) is 0 Å². The number of nitrogens with one attached hydrogen (secondary N) is 1. The van der Waals surface area contributed by atoms with Crippen molar-refractivity contribution in [3.8, 4) is 0 Å². The molecule has 0 bridgehead atoms. The highest BCUT2D eigenvalue weighted by atomic mass is 14.9. The summed E-state index contributed by atoms with van der Waals surface area (Å²) in [6, 6.07) is 7.56. The van der Waals surface area contributed by atoms with Gasteiger partial charge in [0, 0.05) is 6.04 Å². The first-order valence-corrected chi connectivity index (χ1v) is 6.44. The minimum Gasteiger partial charge on any atom is -0.314 e. The molecule has 2 unspecified atom stereocenters. The first kappa shape index (κ1) is 11.7. The van der Waals surface area contributed by atoms with Crippen molar-refractivity contribution in [1.29, 1.82) is 0 Å². The van der Waals surface area contributed by atoms with Gasteiger partial charge in [-0.2, -0.15) is 0 Å². The lowest BCUT2D eigenvalue weighted by molar-refractivity contribution is 0.322. The maximum absolute atomic E-state index is 3.58. The van der Waals surface area contributed by atoms with Gasteiger partial charge in [-0.3, -0.25) is 0 Å². The Morgan fingerprint density at radius 1 is 1.25 bits per heavy atom. The SMILES string of the molecule is Cc1ccc(CC2CCC(C)NC2)c(C)c1. The topological polar surface area (TPSA) is 12.0 Å². The van der Waals surface area contributed by atoms with Crippen LogP contribution >= 0.6 is 0 Å². The third-order valence-electron chi connectivity index (χ3n) is 3.77. The highest BCUT2D eigenvalue weighted by Gasteiger charge is 2.18. The lowest BCUT2D eigenvalue weighted by atomic mass is 9.88. The van der Waals surface area contributed by atoms with Crippen LogP contribution in [0.1, 0.15) is 36.5 Å². The van der Waals surface area contributed by atoms with Gasteiger partial charge in [0.2, 0.25) is 0 Å². The quantitative estimate of drug-likeness (QED) is 0.802. The second kappa shape index (κ2) is 5.01. The fourth-order valence-corrected chi connectivity index (χ4v) is 2.62. The van der Waals surface area contributed by atoms with Gasteiger partial charge in [-0.05, 0) is 63.6 Å². The van der Waals surface area contributed by atoms with Gasteiger partial charge < -0.3 is 5.32 Å². The summed E-state index contributed by atoms with van der Waals surface area (Å²) >= 11 is 0. The number of rotatable bonds is 2. The van der Waals surface area contributed by atoms with Crippen LogP contribution in [0, 0.1) is 19.8 Å². The molecule has 0 aliphatic carbocycles. The highest BCUT2D eigenvalue weighted by Crippen LogP contribution is 2.21. The van der Waals surface area contributed by atoms with Crippen molar-refractivity contribution in [2.75, 3.05) is 6.54 Å². The molecule has 2 atom stereocenters. The number of hydrogen-bond donors (Lipinski definition) is 1. The van der Waals surface area contributed by atoms with Crippen LogP contribution in [0.4, 0.5) is 0 Å². The predicted octanol–water partition coefficient (Wildman–Crippen LogP) is 3.23. The molecular formula is C15H23N. The molecule has 0 amide bonds. The molecule has 0 saturated carbocycles. The molecule has 88 valence electrons. The average Bonchev–Trinajstić information content (AvgIpc) is 2.25. The van der Waals surface area contributed by atoms with E-state index in [1.165, 1.54) is 42.5 Å². The summed E-state index contributed by atoms with van der Waals surface area (Å²) in [6.45, 7) is 7.88. The van der Waals surface area contributed by atoms with E-state index in [1.807, 2.05) is 0 Å². The molecule has 1 nitrogen and oxygen atoms in total. The van der Waals surface area contributed by atoms with Gasteiger partial charge in [0.1, 0.15) is 0 Å². The second-order valence-corrected chi connectivity index (χ2v) is 5.39. The van der Waals surface area contributed by atoms with E-state index in [9.17, 15) is 0 Å². The zero-order chi connectivity index (χ0) is 11.5. The Labute approximate surface area is 99.3 Å². The van der Waals surface area contributed by atoms with E-state index in [-0.39, 0.29) is 0 Å². The van der Waals surface area contributed by atoms with Crippen LogP contribution in [0.3, 0.4) is 0 Å². The lowest BCUT2D eigenvalue weighted by Crippen LogP contribution is -2.37. The molecular weight excluding hydrogens is 194 g/mol. The number of hydrogen-bond acceptors (Lipinski definition) is 1. The van der Waals surface area contributed by atoms with E-state index >= 15 is 0 Å². The van der Waals surface area contributed by atoms with E-state index in [2.05, 4.69) is 44.3 Å². The predicted molar refractivity (Wildman–Crippen MR) is 69.8 cm³/mol. The van der Waals surface area contributed by atoms with Crippen molar-refractivity contribution in [3.63, 3.8) is 0 Å². The van der Waals surface area contributed by atoms with Gasteiger partial charge in [-0.1, -0.05) is 23.8 Å². The zero-order valence-corrected chi connectivity index (χ0v) is 10.7. The maximum Gasteiger partial charge on any atom is 0.00389 e. The van der Waals surface area contributed by atoms with Gasteiger partial charge in [0.25, 0.3) is 0 Å². The van der Waals surface area contributed by atoms with Crippen molar-refractivity contribution in [1.82, 2.24) is 5.32 Å². The Morgan fingerprint density at radius 2 is 2.06 bits per heavy atom. The van der Waals surface area contributed by atoms with Crippen LogP contribution in [0.5, 0.6) is 0 Å². The molecule has 1 N–H and O–H groups in total. The molecule has 1 aromatic rings. The number of benzene rings is 1. The third-order valence-corrected chi connectivity index (χ3v) is 3.77. The summed E-state index contributed by atoms with van der Waals surface area (Å²) in [7, 11) is 0. The van der Waals surface area contributed by atoms with E-state index in [0.29, 0.717) is 0 Å². The lowest BCUT2D eigenvalue weighted by Gasteiger charge is -2.28. The Kier molecular flexibility index (Phi) is 3.65. The first-order valence-electron chi connectivity index (χ1n) is 6.44. The molecule has 16 heavy (non-hydrogen) atoms. The van der Waals surface area contributed by atoms with E-state index in [4.69, 9.17) is 0 Å². The summed E-state index contributed by atoms with van der Waals surface area (Å²) in [5.74, 6) is 0.831. The molecule has 1 aromatic carbocycles. The fraction of sp³-hybridized carbons (Fsp3) is 0.600. The van der Waals surface area contributed by atoms with Crippen LogP contribution in [0.15, 0.2) is 18.2 Å². The molecule has 0 aromatic heterocycles. The van der Waals surface area contributed by atoms with Crippen molar-refractivity contribution >= 4 is 0 Å². The molecule has 0 radical (unpaired) electrons. The summed E-state index contributed by atoms with van der Waals surface area (Å²) in [5.41, 5.74) is 4.36. The summed E-state index contributed by atoms with van der Waals surface area (Å²) < 4.78 is 0. The third kappa shape index (κ3) is 2.85. The van der Waals surface area contributed by atoms with Crippen LogP contribution in [0.25, 0.3) is 0 Å². The van der Waals surface area contributed by atoms with Crippen molar-refractivity contribution < 1.29 is 0 Å². The molecule has 1 heteroatoms. The Hall–Kier alpha value is -0.820. The normalized spacial score (nSPS) is 25.7. The second-order valence-electron chi connectivity index (χ2n) is 5.39. The van der Waals surface area contributed by atoms with E-state index < -0.39 is 0 Å². The standard InChI is InChI=1S/C15H23N/c1-11-4-7-15(12(2)8-11)9-14-6-5-13(3)16-10-14/h4,7-8,13-14,16H,5-6,9-10H2,1-3H3. The maximum atomic E-state index is 3.58. The van der Waals surface area contributed by atoms with E-state index in [0.717, 1.165) is 12.0 Å². The largest absolute Gasteiger partial charge is 0.314 e. The number of piperidine rings is 1. The minimum atomic E-state index is 0.718. The fourth-order valence-electron chi connectivity index (χ4n) is 2.62.